The van der Waals surface area contributed by atoms with Crippen molar-refractivity contribution < 1.29 is 32.2 Å². The molecule has 0 spiro atoms. The van der Waals surface area contributed by atoms with Gasteiger partial charge in [-0.1, -0.05) is 0 Å². The van der Waals surface area contributed by atoms with Crippen LogP contribution in [0.4, 0.5) is 5.69 Å². The fraction of sp³-hybridized carbons (Fsp3) is 0.231. The van der Waals surface area contributed by atoms with Gasteiger partial charge in [0.05, 0.1) is 11.0 Å². The quantitative estimate of drug-likeness (QED) is 0.350. The van der Waals surface area contributed by atoms with Crippen LogP contribution in [-0.4, -0.2) is 41.3 Å². The van der Waals surface area contributed by atoms with E-state index < -0.39 is 38.7 Å². The minimum atomic E-state index is -4.37. The van der Waals surface area contributed by atoms with Gasteiger partial charge in [-0.2, -0.15) is 8.42 Å². The number of carbonyl (C=O) groups excluding carboxylic acids is 1. The third kappa shape index (κ3) is 2.48. The number of aliphatic carboxylic acids is 1. The monoisotopic (exact) mass is 354 g/mol. The van der Waals surface area contributed by atoms with Crippen LogP contribution in [0.25, 0.3) is 0 Å². The van der Waals surface area contributed by atoms with Gasteiger partial charge in [-0.3, -0.25) is 19.8 Å². The first kappa shape index (κ1) is 15.9. The van der Waals surface area contributed by atoms with Crippen LogP contribution >= 0.6 is 0 Å². The van der Waals surface area contributed by atoms with E-state index in [1.165, 1.54) is 0 Å². The number of non-ortho nitro benzene ring substituents is 1. The molecule has 11 heteroatoms. The van der Waals surface area contributed by atoms with Crippen molar-refractivity contribution >= 4 is 27.7 Å². The lowest BCUT2D eigenvalue weighted by Crippen LogP contribution is -2.49. The lowest BCUT2D eigenvalue weighted by atomic mass is 10.0. The first-order valence-corrected chi connectivity index (χ1v) is 8.09. The van der Waals surface area contributed by atoms with Gasteiger partial charge in [0.1, 0.15) is 4.90 Å². The van der Waals surface area contributed by atoms with E-state index >= 15 is 0 Å². The van der Waals surface area contributed by atoms with Crippen LogP contribution in [0.1, 0.15) is 12.8 Å². The number of β-lactam (4-membered cyclic amide) rings is 1. The Kier molecular flexibility index (Phi) is 3.52. The third-order valence-corrected chi connectivity index (χ3v) is 4.99. The molecule has 1 atom stereocenters. The molecule has 2 aliphatic heterocycles. The number of benzene rings is 1. The largest absolute Gasteiger partial charge is 0.476 e. The van der Waals surface area contributed by atoms with Gasteiger partial charge in [-0.25, -0.2) is 4.79 Å². The van der Waals surface area contributed by atoms with Crippen LogP contribution in [0.2, 0.25) is 0 Å². The molecule has 0 radical (unpaired) electrons. The van der Waals surface area contributed by atoms with Crippen LogP contribution in [-0.2, 0) is 23.9 Å². The van der Waals surface area contributed by atoms with Crippen LogP contribution < -0.4 is 0 Å². The second-order valence-corrected chi connectivity index (χ2v) is 6.74. The van der Waals surface area contributed by atoms with Crippen molar-refractivity contribution in [3.63, 3.8) is 0 Å². The summed E-state index contributed by atoms with van der Waals surface area (Å²) < 4.78 is 29.4. The average Bonchev–Trinajstić information content (AvgIpc) is 2.79. The Hall–Kier alpha value is -2.95. The van der Waals surface area contributed by atoms with Gasteiger partial charge >= 0.3 is 16.1 Å². The summed E-state index contributed by atoms with van der Waals surface area (Å²) in [7, 11) is -4.37. The maximum atomic E-state index is 12.2. The number of fused-ring (bicyclic) bond motifs is 1. The molecule has 1 amide bonds. The highest BCUT2D eigenvalue weighted by molar-refractivity contribution is 7.86. The normalized spacial score (nSPS) is 19.8. The molecule has 0 saturated carbocycles. The van der Waals surface area contributed by atoms with Crippen LogP contribution in [0, 0.1) is 10.1 Å². The maximum absolute atomic E-state index is 12.2. The number of carboxylic acid groups (broad SMARTS) is 1. The predicted octanol–water partition coefficient (Wildman–Crippen LogP) is 0.601. The van der Waals surface area contributed by atoms with Gasteiger partial charge in [0, 0.05) is 25.0 Å². The molecule has 2 heterocycles. The number of hydrogen-bond acceptors (Lipinski definition) is 7. The molecule has 0 aromatic heterocycles. The first-order chi connectivity index (χ1) is 11.2. The predicted molar refractivity (Wildman–Crippen MR) is 75.9 cm³/mol. The van der Waals surface area contributed by atoms with Gasteiger partial charge in [-0.15, -0.1) is 0 Å². The summed E-state index contributed by atoms with van der Waals surface area (Å²) >= 11 is 0. The van der Waals surface area contributed by atoms with Crippen LogP contribution in [0.3, 0.4) is 0 Å². The molecule has 10 nitrogen and oxygen atoms in total. The highest BCUT2D eigenvalue weighted by atomic mass is 32.2. The topological polar surface area (TPSA) is 144 Å². The Balaban J connectivity index is 1.91. The summed E-state index contributed by atoms with van der Waals surface area (Å²) in [6, 6.07) is 3.56. The summed E-state index contributed by atoms with van der Waals surface area (Å²) in [6.45, 7) is 0. The van der Waals surface area contributed by atoms with Gasteiger partial charge in [0.15, 0.2) is 11.5 Å². The summed E-state index contributed by atoms with van der Waals surface area (Å²) in [5, 5.41) is 19.8. The number of nitrogens with zero attached hydrogens (tertiary/aromatic N) is 2. The van der Waals surface area contributed by atoms with E-state index in [4.69, 9.17) is 4.18 Å². The highest BCUT2D eigenvalue weighted by Gasteiger charge is 2.49. The Bertz CT molecular complexity index is 887. The van der Waals surface area contributed by atoms with E-state index in [2.05, 4.69) is 0 Å². The minimum Gasteiger partial charge on any atom is -0.476 e. The molecule has 1 fully saturated rings. The van der Waals surface area contributed by atoms with E-state index in [1.807, 2.05) is 0 Å². The van der Waals surface area contributed by atoms with Crippen LogP contribution in [0.5, 0.6) is 0 Å². The maximum Gasteiger partial charge on any atom is 0.356 e. The minimum absolute atomic E-state index is 0.0143. The standard InChI is InChI=1S/C13H10N2O8S/c16-11-6-8-5-10(12(13(17)18)14(8)11)23-24(21,22)9-3-1-7(2-4-9)15(19)20/h1-4,8H,5-6H2,(H,17,18). The second kappa shape index (κ2) is 5.30. The van der Waals surface area contributed by atoms with Crippen molar-refractivity contribution in [2.75, 3.05) is 0 Å². The lowest BCUT2D eigenvalue weighted by molar-refractivity contribution is -0.384. The smallest absolute Gasteiger partial charge is 0.356 e. The zero-order valence-electron chi connectivity index (χ0n) is 11.9. The van der Waals surface area contributed by atoms with Crippen molar-refractivity contribution in [3.8, 4) is 0 Å². The summed E-state index contributed by atoms with van der Waals surface area (Å²) in [6.07, 6.45) is 0.112. The average molecular weight is 354 g/mol. The lowest BCUT2D eigenvalue weighted by Gasteiger charge is -2.34. The Morgan fingerprint density at radius 2 is 1.92 bits per heavy atom. The summed E-state index contributed by atoms with van der Waals surface area (Å²) in [5.74, 6) is -2.19. The molecule has 0 bridgehead atoms. The first-order valence-electron chi connectivity index (χ1n) is 6.68. The molecule has 126 valence electrons. The Morgan fingerprint density at radius 1 is 1.29 bits per heavy atom. The van der Waals surface area contributed by atoms with Gasteiger partial charge in [-0.05, 0) is 12.1 Å². The molecule has 1 saturated heterocycles. The van der Waals surface area contributed by atoms with Gasteiger partial charge in [0.25, 0.3) is 5.69 Å². The second-order valence-electron chi connectivity index (χ2n) is 5.19. The van der Waals surface area contributed by atoms with Crippen LogP contribution in [0.15, 0.2) is 40.6 Å². The number of nitro benzene ring substituents is 1. The van der Waals surface area contributed by atoms with Crippen molar-refractivity contribution in [1.82, 2.24) is 4.90 Å². The summed E-state index contributed by atoms with van der Waals surface area (Å²) in [4.78, 5) is 33.3. The number of rotatable bonds is 5. The van der Waals surface area contributed by atoms with E-state index in [9.17, 15) is 33.2 Å². The van der Waals surface area contributed by atoms with Crippen molar-refractivity contribution in [3.05, 3.63) is 45.8 Å². The van der Waals surface area contributed by atoms with Gasteiger partial charge < -0.3 is 9.29 Å². The number of nitro groups is 1. The number of carbonyl (C=O) groups is 2. The van der Waals surface area contributed by atoms with E-state index in [-0.39, 0.29) is 29.2 Å². The van der Waals surface area contributed by atoms with Crippen molar-refractivity contribution in [2.45, 2.75) is 23.8 Å². The molecule has 1 unspecified atom stereocenters. The highest BCUT2D eigenvalue weighted by Crippen LogP contribution is 2.40. The molecule has 2 aliphatic rings. The third-order valence-electron chi connectivity index (χ3n) is 3.72. The number of hydrogen-bond donors (Lipinski definition) is 1. The fourth-order valence-electron chi connectivity index (χ4n) is 2.61. The molecular formula is C13H10N2O8S. The molecule has 1 N–H and O–H groups in total. The van der Waals surface area contributed by atoms with Gasteiger partial charge in [0.2, 0.25) is 5.91 Å². The number of carboxylic acids is 1. The Labute approximate surface area is 135 Å². The zero-order valence-corrected chi connectivity index (χ0v) is 12.7. The molecule has 1 aromatic carbocycles. The van der Waals surface area contributed by atoms with Crippen molar-refractivity contribution in [2.24, 2.45) is 0 Å². The molecule has 3 rings (SSSR count). The van der Waals surface area contributed by atoms with E-state index in [1.54, 1.807) is 0 Å². The SMILES string of the molecule is O=C(O)C1=C(OS(=O)(=O)c2ccc([N+](=O)[O-])cc2)CC2CC(=O)N12. The van der Waals surface area contributed by atoms with Crippen molar-refractivity contribution in [1.29, 1.82) is 0 Å². The molecular weight excluding hydrogens is 344 g/mol. The summed E-state index contributed by atoms with van der Waals surface area (Å²) in [5.41, 5.74) is -0.781. The molecule has 0 aliphatic carbocycles. The number of amides is 1. The molecule has 1 aromatic rings. The fourth-order valence-corrected chi connectivity index (χ4v) is 3.59. The van der Waals surface area contributed by atoms with E-state index in [0.29, 0.717) is 0 Å². The van der Waals surface area contributed by atoms with E-state index in [0.717, 1.165) is 29.2 Å². The molecule has 24 heavy (non-hydrogen) atoms. The zero-order chi connectivity index (χ0) is 17.6. The Morgan fingerprint density at radius 3 is 2.42 bits per heavy atom.